The summed E-state index contributed by atoms with van der Waals surface area (Å²) in [5, 5.41) is 2.82. The van der Waals surface area contributed by atoms with Gasteiger partial charge in [0.2, 0.25) is 5.91 Å². The Bertz CT molecular complexity index is 565. The van der Waals surface area contributed by atoms with Gasteiger partial charge in [0, 0.05) is 0 Å². The summed E-state index contributed by atoms with van der Waals surface area (Å²) in [7, 11) is 0. The van der Waals surface area contributed by atoms with Crippen molar-refractivity contribution in [2.75, 3.05) is 24.5 Å². The van der Waals surface area contributed by atoms with E-state index in [0.717, 1.165) is 0 Å². The van der Waals surface area contributed by atoms with Gasteiger partial charge in [-0.05, 0) is 12.1 Å². The van der Waals surface area contributed by atoms with Crippen LogP contribution in [0.15, 0.2) is 24.3 Å². The monoisotopic (exact) mass is 273 g/mol. The van der Waals surface area contributed by atoms with Crippen molar-refractivity contribution in [3.8, 4) is 18.1 Å². The molecule has 1 aliphatic heterocycles. The third-order valence-corrected chi connectivity index (χ3v) is 2.90. The zero-order valence-electron chi connectivity index (χ0n) is 10.8. The van der Waals surface area contributed by atoms with Crippen molar-refractivity contribution in [3.63, 3.8) is 0 Å². The Kier molecular flexibility index (Phi) is 4.23. The molecule has 1 heterocycles. The van der Waals surface area contributed by atoms with E-state index >= 15 is 0 Å². The zero-order valence-corrected chi connectivity index (χ0v) is 10.8. The number of nitrogens with two attached hydrogens (primary N) is 1. The van der Waals surface area contributed by atoms with E-state index in [-0.39, 0.29) is 19.0 Å². The molecule has 1 unspecified atom stereocenters. The number of amides is 2. The number of nitrogens with zero attached hydrogens (tertiary/aromatic N) is 1. The SMILES string of the molecule is C#CCNCC(=O)N1CC(C(N)=O)Oc2ccccc21. The number of hydrogen-bond acceptors (Lipinski definition) is 4. The van der Waals surface area contributed by atoms with Crippen LogP contribution in [0.5, 0.6) is 5.75 Å². The fraction of sp³-hybridized carbons (Fsp3) is 0.286. The highest BCUT2D eigenvalue weighted by Gasteiger charge is 2.32. The van der Waals surface area contributed by atoms with Gasteiger partial charge in [0.1, 0.15) is 5.75 Å². The summed E-state index contributed by atoms with van der Waals surface area (Å²) < 4.78 is 5.48. The molecule has 6 heteroatoms. The predicted octanol–water partition coefficient (Wildman–Crippen LogP) is -0.511. The summed E-state index contributed by atoms with van der Waals surface area (Å²) in [6, 6.07) is 7.01. The van der Waals surface area contributed by atoms with Gasteiger partial charge < -0.3 is 15.4 Å². The fourth-order valence-electron chi connectivity index (χ4n) is 1.96. The van der Waals surface area contributed by atoms with Crippen LogP contribution in [0, 0.1) is 12.3 Å². The summed E-state index contributed by atoms with van der Waals surface area (Å²) in [4.78, 5) is 25.0. The van der Waals surface area contributed by atoms with Crippen LogP contribution in [0.3, 0.4) is 0 Å². The number of anilines is 1. The molecule has 104 valence electrons. The summed E-state index contributed by atoms with van der Waals surface area (Å²) in [5.41, 5.74) is 5.89. The van der Waals surface area contributed by atoms with Crippen LogP contribution in [0.4, 0.5) is 5.69 Å². The maximum Gasteiger partial charge on any atom is 0.260 e. The van der Waals surface area contributed by atoms with E-state index in [2.05, 4.69) is 11.2 Å². The maximum atomic E-state index is 12.2. The second kappa shape index (κ2) is 6.08. The molecule has 2 rings (SSSR count). The topological polar surface area (TPSA) is 84.7 Å². The Morgan fingerprint density at radius 1 is 1.50 bits per heavy atom. The van der Waals surface area contributed by atoms with Gasteiger partial charge in [-0.3, -0.25) is 14.9 Å². The van der Waals surface area contributed by atoms with E-state index in [0.29, 0.717) is 18.0 Å². The maximum absolute atomic E-state index is 12.2. The second-order valence-corrected chi connectivity index (χ2v) is 4.29. The van der Waals surface area contributed by atoms with E-state index in [9.17, 15) is 9.59 Å². The van der Waals surface area contributed by atoms with Crippen molar-refractivity contribution < 1.29 is 14.3 Å². The van der Waals surface area contributed by atoms with Crippen molar-refractivity contribution >= 4 is 17.5 Å². The average molecular weight is 273 g/mol. The van der Waals surface area contributed by atoms with Gasteiger partial charge in [0.15, 0.2) is 6.10 Å². The molecule has 0 saturated carbocycles. The number of carbonyl (C=O) groups excluding carboxylic acids is 2. The van der Waals surface area contributed by atoms with E-state index in [1.54, 1.807) is 24.3 Å². The highest BCUT2D eigenvalue weighted by atomic mass is 16.5. The fourth-order valence-corrected chi connectivity index (χ4v) is 1.96. The number of para-hydroxylation sites is 2. The lowest BCUT2D eigenvalue weighted by Gasteiger charge is -2.33. The Labute approximate surface area is 116 Å². The van der Waals surface area contributed by atoms with Gasteiger partial charge in [-0.2, -0.15) is 0 Å². The van der Waals surface area contributed by atoms with Crippen LogP contribution in [0.1, 0.15) is 0 Å². The molecule has 20 heavy (non-hydrogen) atoms. The molecule has 1 aliphatic rings. The number of carbonyl (C=O) groups is 2. The highest BCUT2D eigenvalue weighted by Crippen LogP contribution is 2.32. The highest BCUT2D eigenvalue weighted by molar-refractivity contribution is 5.98. The van der Waals surface area contributed by atoms with Gasteiger partial charge >= 0.3 is 0 Å². The Morgan fingerprint density at radius 3 is 2.95 bits per heavy atom. The molecule has 6 nitrogen and oxygen atoms in total. The van der Waals surface area contributed by atoms with Crippen LogP contribution in [-0.2, 0) is 9.59 Å². The predicted molar refractivity (Wildman–Crippen MR) is 74.1 cm³/mol. The lowest BCUT2D eigenvalue weighted by molar-refractivity contribution is -0.125. The summed E-state index contributed by atoms with van der Waals surface area (Å²) >= 11 is 0. The summed E-state index contributed by atoms with van der Waals surface area (Å²) in [6.45, 7) is 0.490. The minimum Gasteiger partial charge on any atom is -0.477 e. The molecule has 1 aromatic carbocycles. The Balaban J connectivity index is 2.20. The van der Waals surface area contributed by atoms with Crippen LogP contribution >= 0.6 is 0 Å². The first-order chi connectivity index (χ1) is 9.63. The summed E-state index contributed by atoms with van der Waals surface area (Å²) in [5.74, 6) is 2.06. The van der Waals surface area contributed by atoms with E-state index < -0.39 is 12.0 Å². The van der Waals surface area contributed by atoms with Crippen molar-refractivity contribution in [3.05, 3.63) is 24.3 Å². The van der Waals surface area contributed by atoms with Crippen LogP contribution < -0.4 is 20.7 Å². The molecule has 0 aliphatic carbocycles. The Hall–Kier alpha value is -2.52. The molecule has 0 bridgehead atoms. The number of terminal acetylenes is 1. The molecule has 0 radical (unpaired) electrons. The molecule has 0 saturated heterocycles. The number of rotatable bonds is 4. The van der Waals surface area contributed by atoms with E-state index in [4.69, 9.17) is 16.9 Å². The lowest BCUT2D eigenvalue weighted by atomic mass is 10.1. The van der Waals surface area contributed by atoms with Crippen LogP contribution in [-0.4, -0.2) is 37.6 Å². The third kappa shape index (κ3) is 2.90. The van der Waals surface area contributed by atoms with Crippen LogP contribution in [0.25, 0.3) is 0 Å². The van der Waals surface area contributed by atoms with E-state index in [1.807, 2.05) is 0 Å². The normalized spacial score (nSPS) is 16.8. The lowest BCUT2D eigenvalue weighted by Crippen LogP contribution is -2.51. The molecular formula is C14H15N3O3. The average Bonchev–Trinajstić information content (AvgIpc) is 2.46. The van der Waals surface area contributed by atoms with Gasteiger partial charge in [0.05, 0.1) is 25.3 Å². The summed E-state index contributed by atoms with van der Waals surface area (Å²) in [6.07, 6.45) is 4.27. The standard InChI is InChI=1S/C14H15N3O3/c1-2-7-16-8-13(18)17-9-12(14(15)19)20-11-6-4-3-5-10(11)17/h1,3-6,12,16H,7-9H2,(H2,15,19). The number of hydrogen-bond donors (Lipinski definition) is 2. The Morgan fingerprint density at radius 2 is 2.25 bits per heavy atom. The molecule has 0 spiro atoms. The largest absolute Gasteiger partial charge is 0.477 e. The van der Waals surface area contributed by atoms with Crippen molar-refractivity contribution in [2.24, 2.45) is 5.73 Å². The van der Waals surface area contributed by atoms with Gasteiger partial charge in [-0.25, -0.2) is 0 Å². The van der Waals surface area contributed by atoms with Crippen molar-refractivity contribution in [1.29, 1.82) is 0 Å². The number of benzene rings is 1. The number of nitrogens with one attached hydrogen (secondary N) is 1. The van der Waals surface area contributed by atoms with Gasteiger partial charge in [-0.15, -0.1) is 6.42 Å². The molecule has 1 atom stereocenters. The molecule has 1 aromatic rings. The van der Waals surface area contributed by atoms with E-state index in [1.165, 1.54) is 4.90 Å². The quantitative estimate of drug-likeness (QED) is 0.571. The molecule has 0 fully saturated rings. The van der Waals surface area contributed by atoms with Crippen molar-refractivity contribution in [2.45, 2.75) is 6.10 Å². The first-order valence-electron chi connectivity index (χ1n) is 6.13. The smallest absolute Gasteiger partial charge is 0.260 e. The van der Waals surface area contributed by atoms with Crippen molar-refractivity contribution in [1.82, 2.24) is 5.32 Å². The van der Waals surface area contributed by atoms with Gasteiger partial charge in [0.25, 0.3) is 5.91 Å². The molecular weight excluding hydrogens is 258 g/mol. The zero-order chi connectivity index (χ0) is 14.5. The van der Waals surface area contributed by atoms with Gasteiger partial charge in [-0.1, -0.05) is 18.1 Å². The first kappa shape index (κ1) is 13.9. The molecule has 3 N–H and O–H groups in total. The molecule has 0 aromatic heterocycles. The molecule has 2 amide bonds. The minimum absolute atomic E-state index is 0.0873. The number of primary amides is 1. The second-order valence-electron chi connectivity index (χ2n) is 4.29. The third-order valence-electron chi connectivity index (χ3n) is 2.90. The first-order valence-corrected chi connectivity index (χ1v) is 6.13. The number of ether oxygens (including phenoxy) is 1. The minimum atomic E-state index is -0.846. The van der Waals surface area contributed by atoms with Crippen LogP contribution in [0.2, 0.25) is 0 Å². The number of fused-ring (bicyclic) bond motifs is 1.